The fraction of sp³-hybridized carbons (Fsp3) is 0.860. The molecule has 0 radical (unpaired) electrons. The smallest absolute Gasteiger partial charge is 0.726 e. The van der Waals surface area contributed by atoms with Gasteiger partial charge in [-0.2, -0.15) is 26.4 Å². The number of carbonyl (C=O) groups is 4. The second-order valence-corrected chi connectivity index (χ2v) is 30.9. The van der Waals surface area contributed by atoms with Crippen LogP contribution in [-0.4, -0.2) is 402 Å². The maximum Gasteiger partial charge on any atom is 1.00 e. The van der Waals surface area contributed by atoms with Gasteiger partial charge in [0, 0.05) is 34.3 Å². The molecule has 8 rings (SSSR count). The number of nitrogens with one attached hydrogen (secondary N) is 4. The molecule has 0 aromatic heterocycles. The molecule has 4 amide bonds. The molecule has 0 aromatic rings. The van der Waals surface area contributed by atoms with Crippen molar-refractivity contribution in [2.75, 3.05) is 39.6 Å². The van der Waals surface area contributed by atoms with Crippen molar-refractivity contribution < 1.29 is 466 Å². The summed E-state index contributed by atoms with van der Waals surface area (Å²) in [4.78, 5) is 50.2. The van der Waals surface area contributed by atoms with Crippen LogP contribution in [0, 0.1) is 26.4 Å². The summed E-state index contributed by atoms with van der Waals surface area (Å²) < 4.78 is 248. The van der Waals surface area contributed by atoms with Gasteiger partial charge in [-0.25, -0.2) is 33.7 Å². The normalized spacial score (nSPS) is 39.1. The molecule has 0 aromatic carbocycles. The summed E-state index contributed by atoms with van der Waals surface area (Å²) in [5, 5.41) is 157. The molecule has 668 valence electrons. The average Bonchev–Trinajstić information content (AvgIpc) is 0.771. The topological polar surface area (TPSA) is 819 Å². The number of rotatable bonds is 36. The number of amides is 4. The van der Waals surface area contributed by atoms with Crippen LogP contribution in [0.3, 0.4) is 0 Å². The van der Waals surface area contributed by atoms with E-state index >= 15 is 0 Å². The number of carbonyl (C=O) groups excluding carboxylic acids is 4. The zero-order valence-corrected chi connectivity index (χ0v) is 87.4. The first-order valence-electron chi connectivity index (χ1n) is 34.5. The third-order valence-corrected chi connectivity index (χ3v) is 19.8. The Hall–Kier alpha value is 4.16. The molecule has 12 unspecified atom stereocenters. The summed E-state index contributed by atoms with van der Waals surface area (Å²) in [6, 6.07) is -7.60. The van der Waals surface area contributed by atoms with E-state index in [-0.39, 0.29) is 243 Å². The van der Waals surface area contributed by atoms with Gasteiger partial charge in [-0.1, -0.05) is 0 Å². The van der Waals surface area contributed by atoms with E-state index in [0.29, 0.717) is 45.6 Å². The van der Waals surface area contributed by atoms with Crippen molar-refractivity contribution in [3.05, 3.63) is 26.4 Å². The van der Waals surface area contributed by atoms with Crippen LogP contribution in [0.25, 0.3) is 0 Å². The Kier molecular flexibility index (Phi) is 59.6. The van der Waals surface area contributed by atoms with Crippen molar-refractivity contribution in [2.24, 2.45) is 5.73 Å². The summed E-state index contributed by atoms with van der Waals surface area (Å²) in [7, 11) is -22.5. The van der Waals surface area contributed by atoms with Crippen LogP contribution >= 0.6 is 0 Å². The molecule has 8 aliphatic heterocycles. The van der Waals surface area contributed by atoms with Gasteiger partial charge in [0.05, 0.1) is 50.8 Å². The molecule has 8 aliphatic rings. The van der Waals surface area contributed by atoms with Crippen molar-refractivity contribution in [1.82, 2.24) is 21.3 Å². The Bertz CT molecular complexity index is 3670. The number of nitrogens with two attached hydrogens (primary N) is 1. The molecule has 54 nitrogen and oxygen atoms in total. The number of ether oxygens (including phenoxy) is 16. The molecule has 8 saturated heterocycles. The quantitative estimate of drug-likeness (QED) is 0.00910. The molecule has 19 N–H and O–H groups in total. The van der Waals surface area contributed by atoms with Gasteiger partial charge in [0.25, 0.3) is 0 Å². The van der Waals surface area contributed by atoms with Gasteiger partial charge >= 0.3 is 236 Å². The molecule has 123 heavy (non-hydrogen) atoms. The predicted octanol–water partition coefficient (Wildman–Crippen LogP) is -39.5. The molecular weight excluding hydrogens is 1850 g/mol. The first-order chi connectivity index (χ1) is 53.6. The fourth-order valence-corrected chi connectivity index (χ4v) is 13.9. The molecule has 36 atom stereocenters. The standard InChI is InChI=1S/C57H93N5O49S4.8Na/c1-18(63)59-30-39(72)34(67)26(14-97-112(80,81)82)105-50(30)101-23-11-94-55(44(77)36(23)69)109-48-28(16-99-114(86,87)88)107-52(32(41(48)74)61-20(3)65)103-25-13-96-57(46(79)38(25)71)111-49-29(17-100-115(89,90)91)108-53(33(42(49)75)62-21(4)66)104-24-12-95-56(45(78)37(24)70)110-47-27(15-98-113(83,84)85)106-51(31(40(47)73)60-19(2)64)102-22-10-93-54(43(76)35(22)68)92-9-7-5-6-8-58;;;;;;;;/h10-13,22-57,67-79H,5-9,14-17,58H2,1-4H3,(H,59,63)(H,60,64)(H,61,65)(H,62,66)(H,80,81,82)(H,83,84,85)(H,86,87,88)(H,89,90,91);;;;;;;;/q-4;8*+1/p-4/t22-,23-,24-,25-,26?,27?,28?,29?,30?,31?,32?,33?,34-,35-,36-,37-,38-,39-,40-,41-,42-,43?,44?,45?,46?,47-,48-,49-,50+,51+,52+,53+,54-,55+,56+,57+;;;;;;;;/m1......../s1. The minimum absolute atomic E-state index is 0. The number of unbranched alkanes of at least 4 members (excludes halogenated alkanes) is 2. The SMILES string of the molecule is CC(=O)NC1[C@@H](O[C@@H]2[CH-]O[C@@H](O[C@@H]3C(COS(=O)(=O)[O-])O[C@H](O[C@@H]4[CH-]O[C@@H](O[C@@H]5C(COS(=O)(=O)[O-])O[C@H](O[C@@H]6[CH-]O[C@@H](O[C@@H]7C(COS(=O)(=O)[O-])O[C@H](O[C@@H]8[CH-]O[C@@H](OCCCCCN)C(O)[C@@H]8O)C(NC(C)=O)[C@H]7O)C(O)[C@@H]6O)C(NC(C)=O)[C@H]5O)C(O)[C@@H]4O)C(NC(C)=O)[C@H]3O)C(O)[C@@H]2O)OC(COS(=O)(=O)[O-])[C@@H](O)[C@@H]1O.[Na+].[Na+].[Na+].[Na+].[Na+].[Na+].[Na+].[Na+]. The van der Waals surface area contributed by atoms with Crippen LogP contribution in [0.1, 0.15) is 47.0 Å². The van der Waals surface area contributed by atoms with E-state index in [4.69, 9.17) is 81.5 Å². The third kappa shape index (κ3) is 37.7. The molecule has 8 fully saturated rings. The van der Waals surface area contributed by atoms with Crippen molar-refractivity contribution in [2.45, 2.75) is 268 Å². The van der Waals surface area contributed by atoms with E-state index in [1.807, 2.05) is 0 Å². The van der Waals surface area contributed by atoms with Gasteiger partial charge in [0.15, 0.2) is 50.3 Å². The number of hydrogen-bond donors (Lipinski definition) is 18. The van der Waals surface area contributed by atoms with Gasteiger partial charge in [-0.3, -0.25) is 35.9 Å². The molecule has 8 heterocycles. The van der Waals surface area contributed by atoms with Crippen molar-refractivity contribution >= 4 is 65.2 Å². The number of aliphatic hydroxyl groups excluding tert-OH is 13. The molecule has 66 heteroatoms. The van der Waals surface area contributed by atoms with Crippen LogP contribution in [0.2, 0.25) is 0 Å². The van der Waals surface area contributed by atoms with E-state index in [9.17, 15) is 137 Å². The first-order valence-corrected chi connectivity index (χ1v) is 39.8. The van der Waals surface area contributed by atoms with Gasteiger partial charge in [0.2, 0.25) is 65.2 Å². The molecule has 0 bridgehead atoms. The number of aliphatic hydroxyl groups is 13. The van der Waals surface area contributed by atoms with Crippen LogP contribution in [-0.2, 0) is 153 Å². The van der Waals surface area contributed by atoms with Crippen molar-refractivity contribution in [1.29, 1.82) is 0 Å². The van der Waals surface area contributed by atoms with Gasteiger partial charge in [-0.05, 0) is 50.2 Å². The maximum absolute atomic E-state index is 12.8. The van der Waals surface area contributed by atoms with Crippen LogP contribution in [0.15, 0.2) is 0 Å². The minimum atomic E-state index is -5.74. The van der Waals surface area contributed by atoms with Crippen LogP contribution < -0.4 is 263 Å². The Morgan fingerprint density at radius 3 is 0.805 bits per heavy atom. The Labute approximate surface area is 881 Å². The second kappa shape index (κ2) is 57.6. The summed E-state index contributed by atoms with van der Waals surface area (Å²) >= 11 is 0. The van der Waals surface area contributed by atoms with Crippen molar-refractivity contribution in [3.63, 3.8) is 0 Å². The summed E-state index contributed by atoms with van der Waals surface area (Å²) in [5.74, 6) is -3.81. The largest absolute Gasteiger partial charge is 1.00 e. The fourth-order valence-electron chi connectivity index (χ4n) is 12.7. The first kappa shape index (κ1) is 127. The summed E-state index contributed by atoms with van der Waals surface area (Å²) in [5.41, 5.74) is 5.51. The van der Waals surface area contributed by atoms with Crippen LogP contribution in [0.4, 0.5) is 0 Å². The average molecular weight is 1940 g/mol. The molecule has 0 spiro atoms. The number of hydrogen-bond acceptors (Lipinski definition) is 50. The van der Waals surface area contributed by atoms with E-state index in [2.05, 4.69) is 38.0 Å². The van der Waals surface area contributed by atoms with E-state index < -0.39 is 313 Å². The third-order valence-electron chi connectivity index (χ3n) is 18.1. The van der Waals surface area contributed by atoms with Crippen molar-refractivity contribution in [3.8, 4) is 0 Å². The van der Waals surface area contributed by atoms with Crippen LogP contribution in [0.5, 0.6) is 0 Å². The molecule has 0 aliphatic carbocycles. The zero-order valence-electron chi connectivity index (χ0n) is 68.2. The van der Waals surface area contributed by atoms with E-state index in [0.717, 1.165) is 34.3 Å². The Morgan fingerprint density at radius 1 is 0.317 bits per heavy atom. The summed E-state index contributed by atoms with van der Waals surface area (Å²) in [6.45, 7) is 1.21. The van der Waals surface area contributed by atoms with E-state index in [1.54, 1.807) is 0 Å². The predicted molar refractivity (Wildman–Crippen MR) is 345 cm³/mol. The monoisotopic (exact) mass is 1940 g/mol. The Balaban J connectivity index is 0.0000186. The van der Waals surface area contributed by atoms with Gasteiger partial charge in [0.1, 0.15) is 122 Å². The molecule has 0 saturated carbocycles. The van der Waals surface area contributed by atoms with Gasteiger partial charge in [-0.15, -0.1) is 0 Å². The summed E-state index contributed by atoms with van der Waals surface area (Å²) in [6.07, 6.45) is -66.2. The van der Waals surface area contributed by atoms with E-state index in [1.165, 1.54) is 0 Å². The van der Waals surface area contributed by atoms with Gasteiger partial charge < -0.3 is 187 Å². The second-order valence-electron chi connectivity index (χ2n) is 26.7. The minimum Gasteiger partial charge on any atom is -0.726 e. The Morgan fingerprint density at radius 2 is 0.553 bits per heavy atom. The maximum atomic E-state index is 12.8. The molecular formula is C57H89N5Na8O49S4. The zero-order chi connectivity index (χ0) is 85.3.